The second-order valence-corrected chi connectivity index (χ2v) is 6.20. The summed E-state index contributed by atoms with van der Waals surface area (Å²) < 4.78 is 8.46. The fourth-order valence-electron chi connectivity index (χ4n) is 3.02. The molecule has 7 heteroatoms. The van der Waals surface area contributed by atoms with E-state index in [2.05, 4.69) is 10.3 Å². The molecule has 1 amide bonds. The van der Waals surface area contributed by atoms with Gasteiger partial charge in [0.25, 0.3) is 0 Å². The highest BCUT2D eigenvalue weighted by Gasteiger charge is 2.12. The molecule has 0 saturated carbocycles. The molecule has 2 aromatic heterocycles. The van der Waals surface area contributed by atoms with Gasteiger partial charge < -0.3 is 14.3 Å². The maximum atomic E-state index is 12.4. The van der Waals surface area contributed by atoms with E-state index in [0.29, 0.717) is 24.2 Å². The second-order valence-electron chi connectivity index (χ2n) is 6.20. The molecule has 7 nitrogen and oxygen atoms in total. The molecule has 0 aliphatic heterocycles. The van der Waals surface area contributed by atoms with Crippen molar-refractivity contribution in [2.75, 3.05) is 0 Å². The van der Waals surface area contributed by atoms with E-state index in [1.165, 1.54) is 4.57 Å². The van der Waals surface area contributed by atoms with Crippen LogP contribution in [0.3, 0.4) is 0 Å². The zero-order valence-electron chi connectivity index (χ0n) is 14.5. The van der Waals surface area contributed by atoms with Gasteiger partial charge in [0.15, 0.2) is 5.58 Å². The Morgan fingerprint density at radius 3 is 2.67 bits per heavy atom. The van der Waals surface area contributed by atoms with E-state index in [1.54, 1.807) is 36.8 Å². The predicted octanol–water partition coefficient (Wildman–Crippen LogP) is 2.16. The lowest BCUT2D eigenvalue weighted by molar-refractivity contribution is -0.121. The third-order valence-electron chi connectivity index (χ3n) is 4.38. The van der Waals surface area contributed by atoms with Crippen molar-refractivity contribution in [1.29, 1.82) is 0 Å². The molecule has 0 saturated heterocycles. The van der Waals surface area contributed by atoms with Crippen molar-refractivity contribution in [3.05, 3.63) is 88.9 Å². The summed E-state index contributed by atoms with van der Waals surface area (Å²) in [5.74, 6) is -0.784. The van der Waals surface area contributed by atoms with Crippen LogP contribution < -0.4 is 11.1 Å². The van der Waals surface area contributed by atoms with Gasteiger partial charge >= 0.3 is 5.76 Å². The Morgan fingerprint density at radius 1 is 1.07 bits per heavy atom. The molecule has 4 aromatic rings. The van der Waals surface area contributed by atoms with E-state index in [1.807, 2.05) is 35.0 Å². The van der Waals surface area contributed by atoms with Gasteiger partial charge in [-0.3, -0.25) is 9.36 Å². The number of imidazole rings is 1. The first kappa shape index (κ1) is 16.8. The number of hydrogen-bond donors (Lipinski definition) is 1. The van der Waals surface area contributed by atoms with Gasteiger partial charge in [0, 0.05) is 25.5 Å². The van der Waals surface area contributed by atoms with Crippen molar-refractivity contribution in [3.8, 4) is 0 Å². The number of nitrogens with one attached hydrogen (secondary N) is 1. The molecule has 4 rings (SSSR count). The van der Waals surface area contributed by atoms with Crippen LogP contribution in [0, 0.1) is 0 Å². The van der Waals surface area contributed by atoms with E-state index in [4.69, 9.17) is 4.42 Å². The van der Waals surface area contributed by atoms with Crippen LogP contribution in [0.5, 0.6) is 0 Å². The van der Waals surface area contributed by atoms with Gasteiger partial charge in [-0.2, -0.15) is 0 Å². The SMILES string of the molecule is O=C(Cn1c(=O)oc2ccccc21)NCc1ccccc1Cn1ccnc1. The summed E-state index contributed by atoms with van der Waals surface area (Å²) in [5, 5.41) is 2.88. The first-order chi connectivity index (χ1) is 13.2. The minimum absolute atomic E-state index is 0.0838. The first-order valence-corrected chi connectivity index (χ1v) is 8.58. The normalized spacial score (nSPS) is 11.0. The average molecular weight is 362 g/mol. The Bertz CT molecular complexity index is 1130. The van der Waals surface area contributed by atoms with E-state index in [9.17, 15) is 9.59 Å². The minimum Gasteiger partial charge on any atom is -0.408 e. The van der Waals surface area contributed by atoms with Crippen LogP contribution >= 0.6 is 0 Å². The van der Waals surface area contributed by atoms with Crippen molar-refractivity contribution < 1.29 is 9.21 Å². The quantitative estimate of drug-likeness (QED) is 0.570. The number of carbonyl (C=O) groups excluding carboxylic acids is 1. The molecule has 0 bridgehead atoms. The van der Waals surface area contributed by atoms with Crippen LogP contribution in [-0.4, -0.2) is 20.0 Å². The van der Waals surface area contributed by atoms with Crippen molar-refractivity contribution in [2.45, 2.75) is 19.6 Å². The molecule has 0 spiro atoms. The molecule has 2 heterocycles. The summed E-state index contributed by atoms with van der Waals surface area (Å²) in [7, 11) is 0. The molecule has 27 heavy (non-hydrogen) atoms. The zero-order valence-corrected chi connectivity index (χ0v) is 14.5. The third kappa shape index (κ3) is 3.67. The topological polar surface area (TPSA) is 82.1 Å². The monoisotopic (exact) mass is 362 g/mol. The van der Waals surface area contributed by atoms with Crippen molar-refractivity contribution in [1.82, 2.24) is 19.4 Å². The Balaban J connectivity index is 1.45. The van der Waals surface area contributed by atoms with Crippen molar-refractivity contribution in [2.24, 2.45) is 0 Å². The molecule has 1 N–H and O–H groups in total. The highest BCUT2D eigenvalue weighted by molar-refractivity contribution is 5.79. The number of hydrogen-bond acceptors (Lipinski definition) is 4. The number of nitrogens with zero attached hydrogens (tertiary/aromatic N) is 3. The van der Waals surface area contributed by atoms with Gasteiger partial charge in [0.2, 0.25) is 5.91 Å². The maximum absolute atomic E-state index is 12.4. The fraction of sp³-hybridized carbons (Fsp3) is 0.150. The highest BCUT2D eigenvalue weighted by Crippen LogP contribution is 2.12. The summed E-state index contributed by atoms with van der Waals surface area (Å²) in [6.07, 6.45) is 5.38. The third-order valence-corrected chi connectivity index (χ3v) is 4.38. The molecule has 0 radical (unpaired) electrons. The standard InChI is InChI=1S/C20H18N4O3/c25-19(13-24-17-7-3-4-8-18(17)27-20(24)26)22-11-15-5-1-2-6-16(15)12-23-10-9-21-14-23/h1-10,14H,11-13H2,(H,22,25). The summed E-state index contributed by atoms with van der Waals surface area (Å²) in [6, 6.07) is 15.0. The van der Waals surface area contributed by atoms with Gasteiger partial charge in [0.05, 0.1) is 11.8 Å². The van der Waals surface area contributed by atoms with Crippen LogP contribution in [0.25, 0.3) is 11.1 Å². The lowest BCUT2D eigenvalue weighted by atomic mass is 10.1. The molecular weight excluding hydrogens is 344 g/mol. The van der Waals surface area contributed by atoms with Crippen LogP contribution in [0.2, 0.25) is 0 Å². The summed E-state index contributed by atoms with van der Waals surface area (Å²) in [6.45, 7) is 0.978. The molecule has 0 aliphatic rings. The van der Waals surface area contributed by atoms with Crippen molar-refractivity contribution >= 4 is 17.0 Å². The average Bonchev–Trinajstić information content (AvgIpc) is 3.29. The Hall–Kier alpha value is -3.61. The summed E-state index contributed by atoms with van der Waals surface area (Å²) in [4.78, 5) is 28.4. The predicted molar refractivity (Wildman–Crippen MR) is 100 cm³/mol. The van der Waals surface area contributed by atoms with Gasteiger partial charge in [-0.1, -0.05) is 36.4 Å². The maximum Gasteiger partial charge on any atom is 0.420 e. The zero-order chi connectivity index (χ0) is 18.6. The van der Waals surface area contributed by atoms with Gasteiger partial charge in [-0.15, -0.1) is 0 Å². The largest absolute Gasteiger partial charge is 0.420 e. The molecule has 0 aliphatic carbocycles. The molecule has 0 fully saturated rings. The van der Waals surface area contributed by atoms with E-state index >= 15 is 0 Å². The van der Waals surface area contributed by atoms with E-state index in [0.717, 1.165) is 11.1 Å². The molecule has 136 valence electrons. The summed E-state index contributed by atoms with van der Waals surface area (Å²) >= 11 is 0. The lowest BCUT2D eigenvalue weighted by Gasteiger charge is -2.11. The molecule has 0 unspecified atom stereocenters. The fourth-order valence-corrected chi connectivity index (χ4v) is 3.02. The smallest absolute Gasteiger partial charge is 0.408 e. The number of amides is 1. The van der Waals surface area contributed by atoms with Crippen molar-refractivity contribution in [3.63, 3.8) is 0 Å². The number of fused-ring (bicyclic) bond motifs is 1. The van der Waals surface area contributed by atoms with Gasteiger partial charge in [-0.05, 0) is 23.3 Å². The molecule has 2 aromatic carbocycles. The van der Waals surface area contributed by atoms with Crippen LogP contribution in [0.4, 0.5) is 0 Å². The Labute approximate surface area is 154 Å². The molecule has 0 atom stereocenters. The number of aromatic nitrogens is 3. The number of benzene rings is 2. The number of carbonyl (C=O) groups is 1. The number of oxazole rings is 1. The van der Waals surface area contributed by atoms with E-state index in [-0.39, 0.29) is 12.5 Å². The van der Waals surface area contributed by atoms with E-state index < -0.39 is 5.76 Å². The van der Waals surface area contributed by atoms with Crippen LogP contribution in [-0.2, 0) is 24.4 Å². The van der Waals surface area contributed by atoms with Gasteiger partial charge in [0.1, 0.15) is 6.54 Å². The van der Waals surface area contributed by atoms with Crippen LogP contribution in [0.15, 0.2) is 76.5 Å². The Morgan fingerprint density at radius 2 is 1.85 bits per heavy atom. The molecular formula is C20H18N4O3. The highest BCUT2D eigenvalue weighted by atomic mass is 16.4. The minimum atomic E-state index is -0.535. The summed E-state index contributed by atoms with van der Waals surface area (Å²) in [5.41, 5.74) is 3.20. The first-order valence-electron chi connectivity index (χ1n) is 8.58. The van der Waals surface area contributed by atoms with Crippen LogP contribution in [0.1, 0.15) is 11.1 Å². The number of rotatable bonds is 6. The number of para-hydroxylation sites is 2. The lowest BCUT2D eigenvalue weighted by Crippen LogP contribution is -2.30. The van der Waals surface area contributed by atoms with Gasteiger partial charge in [-0.25, -0.2) is 9.78 Å². The Kier molecular flexibility index (Phi) is 4.57. The second kappa shape index (κ2) is 7.33.